The van der Waals surface area contributed by atoms with Crippen LogP contribution >= 0.6 is 34.7 Å². The maximum Gasteiger partial charge on any atom is 0.219 e. The highest BCUT2D eigenvalue weighted by atomic mass is 35.5. The van der Waals surface area contributed by atoms with Crippen molar-refractivity contribution in [1.82, 2.24) is 10.2 Å². The fourth-order valence-electron chi connectivity index (χ4n) is 4.82. The van der Waals surface area contributed by atoms with Gasteiger partial charge in [0.05, 0.1) is 17.6 Å². The van der Waals surface area contributed by atoms with Crippen molar-refractivity contribution < 1.29 is 4.79 Å². The summed E-state index contributed by atoms with van der Waals surface area (Å²) in [5, 5.41) is 20.1. The number of Topliss-reactive ketones (excluding diaryl/α,β-unsaturated/α-hetero) is 1. The summed E-state index contributed by atoms with van der Waals surface area (Å²) in [6.07, 6.45) is 0.994. The number of nitriles is 1. The Hall–Kier alpha value is -3.12. The van der Waals surface area contributed by atoms with Crippen LogP contribution in [0.1, 0.15) is 43.7 Å². The Labute approximate surface area is 223 Å². The predicted octanol–water partition coefficient (Wildman–Crippen LogP) is 6.42. The number of thioether (sulfide) groups is 1. The van der Waals surface area contributed by atoms with Crippen LogP contribution in [0.15, 0.2) is 81.6 Å². The van der Waals surface area contributed by atoms with Gasteiger partial charge < -0.3 is 5.73 Å². The molecule has 0 saturated heterocycles. The Morgan fingerprint density at radius 2 is 1.89 bits per heavy atom. The van der Waals surface area contributed by atoms with Crippen molar-refractivity contribution in [3.05, 3.63) is 93.4 Å². The molecule has 36 heavy (non-hydrogen) atoms. The van der Waals surface area contributed by atoms with E-state index in [1.807, 2.05) is 36.4 Å². The van der Waals surface area contributed by atoms with Crippen molar-refractivity contribution in [2.75, 3.05) is 4.90 Å². The van der Waals surface area contributed by atoms with E-state index in [9.17, 15) is 10.1 Å². The van der Waals surface area contributed by atoms with Gasteiger partial charge in [-0.2, -0.15) is 5.26 Å². The molecule has 1 aliphatic heterocycles. The Kier molecular flexibility index (Phi) is 6.64. The summed E-state index contributed by atoms with van der Waals surface area (Å²) in [6, 6.07) is 19.7. The summed E-state index contributed by atoms with van der Waals surface area (Å²) in [5.74, 6) is 0.415. The molecule has 0 bridgehead atoms. The van der Waals surface area contributed by atoms with Crippen molar-refractivity contribution in [1.29, 1.82) is 5.26 Å². The Morgan fingerprint density at radius 1 is 1.17 bits per heavy atom. The van der Waals surface area contributed by atoms with E-state index in [0.29, 0.717) is 39.7 Å². The van der Waals surface area contributed by atoms with Gasteiger partial charge in [0.25, 0.3) is 0 Å². The number of carbonyl (C=O) groups excluding carboxylic acids is 1. The largest absolute Gasteiger partial charge is 0.384 e. The first-order valence-electron chi connectivity index (χ1n) is 11.5. The Bertz CT molecular complexity index is 1440. The molecular formula is C27H24ClN5OS2. The van der Waals surface area contributed by atoms with Gasteiger partial charge in [-0.1, -0.05) is 97.1 Å². The number of aromatic nitrogens is 2. The molecule has 6 nitrogen and oxygen atoms in total. The van der Waals surface area contributed by atoms with Gasteiger partial charge in [-0.25, -0.2) is 0 Å². The molecule has 9 heteroatoms. The van der Waals surface area contributed by atoms with Gasteiger partial charge in [0, 0.05) is 28.5 Å². The van der Waals surface area contributed by atoms with Gasteiger partial charge in [0.2, 0.25) is 5.13 Å². The van der Waals surface area contributed by atoms with Crippen molar-refractivity contribution in [2.24, 2.45) is 11.1 Å². The Balaban J connectivity index is 1.59. The van der Waals surface area contributed by atoms with E-state index in [1.165, 1.54) is 16.9 Å². The summed E-state index contributed by atoms with van der Waals surface area (Å²) < 4.78 is 0.789. The van der Waals surface area contributed by atoms with Crippen LogP contribution in [-0.2, 0) is 10.5 Å². The number of nitrogens with two attached hydrogens (primary N) is 1. The average Bonchev–Trinajstić information content (AvgIpc) is 3.31. The minimum atomic E-state index is -0.613. The SMILES string of the molecule is CC1(C)CC(=O)C2=C(C1)N(c1nnc(SCc3ccccc3)s1)C(N)=C(C#N)C2c1ccccc1Cl. The summed E-state index contributed by atoms with van der Waals surface area (Å²) in [7, 11) is 0. The van der Waals surface area contributed by atoms with Crippen LogP contribution in [0.2, 0.25) is 5.02 Å². The molecular weight excluding hydrogens is 510 g/mol. The molecule has 0 saturated carbocycles. The molecule has 1 atom stereocenters. The lowest BCUT2D eigenvalue weighted by molar-refractivity contribution is -0.118. The molecule has 0 fully saturated rings. The van der Waals surface area contributed by atoms with Gasteiger partial charge in [0.1, 0.15) is 5.82 Å². The monoisotopic (exact) mass is 533 g/mol. The lowest BCUT2D eigenvalue weighted by Gasteiger charge is -2.42. The van der Waals surface area contributed by atoms with E-state index in [0.717, 1.165) is 15.8 Å². The lowest BCUT2D eigenvalue weighted by atomic mass is 9.68. The Morgan fingerprint density at radius 3 is 2.61 bits per heavy atom. The molecule has 2 aromatic carbocycles. The molecule has 1 aromatic heterocycles. The number of ketones is 1. The van der Waals surface area contributed by atoms with E-state index in [2.05, 4.69) is 42.2 Å². The number of hydrogen-bond acceptors (Lipinski definition) is 8. The number of carbonyl (C=O) groups is 1. The zero-order valence-electron chi connectivity index (χ0n) is 19.9. The first-order valence-corrected chi connectivity index (χ1v) is 13.7. The highest BCUT2D eigenvalue weighted by Crippen LogP contribution is 2.51. The number of nitrogens with zero attached hydrogens (tertiary/aromatic N) is 4. The molecule has 182 valence electrons. The predicted molar refractivity (Wildman–Crippen MR) is 144 cm³/mol. The summed E-state index contributed by atoms with van der Waals surface area (Å²) in [6.45, 7) is 4.14. The van der Waals surface area contributed by atoms with Crippen LogP contribution in [0.5, 0.6) is 0 Å². The number of benzene rings is 2. The molecule has 2 heterocycles. The number of hydrogen-bond donors (Lipinski definition) is 1. The van der Waals surface area contributed by atoms with Crippen LogP contribution in [0.3, 0.4) is 0 Å². The van der Waals surface area contributed by atoms with Gasteiger partial charge in [-0.15, -0.1) is 10.2 Å². The number of halogens is 1. The average molecular weight is 534 g/mol. The number of anilines is 1. The third-order valence-corrected chi connectivity index (χ3v) is 8.85. The number of rotatable bonds is 5. The second kappa shape index (κ2) is 9.74. The first-order chi connectivity index (χ1) is 17.3. The molecule has 1 aliphatic carbocycles. The van der Waals surface area contributed by atoms with Crippen LogP contribution in [0.4, 0.5) is 5.13 Å². The second-order valence-electron chi connectivity index (χ2n) is 9.63. The van der Waals surface area contributed by atoms with Crippen molar-refractivity contribution in [3.8, 4) is 6.07 Å². The third kappa shape index (κ3) is 4.55. The minimum Gasteiger partial charge on any atom is -0.384 e. The smallest absolute Gasteiger partial charge is 0.219 e. The van der Waals surface area contributed by atoms with Gasteiger partial charge >= 0.3 is 0 Å². The highest BCUT2D eigenvalue weighted by Gasteiger charge is 2.45. The van der Waals surface area contributed by atoms with Crippen LogP contribution < -0.4 is 10.6 Å². The van der Waals surface area contributed by atoms with E-state index in [4.69, 9.17) is 17.3 Å². The maximum absolute atomic E-state index is 13.6. The van der Waals surface area contributed by atoms with Crippen LogP contribution in [-0.4, -0.2) is 16.0 Å². The summed E-state index contributed by atoms with van der Waals surface area (Å²) in [5.41, 5.74) is 9.95. The fraction of sp³-hybridized carbons (Fsp3) is 0.259. The topological polar surface area (TPSA) is 95.9 Å². The third-order valence-electron chi connectivity index (χ3n) is 6.39. The van der Waals surface area contributed by atoms with E-state index in [1.54, 1.807) is 22.7 Å². The maximum atomic E-state index is 13.6. The summed E-state index contributed by atoms with van der Waals surface area (Å²) >= 11 is 9.56. The molecule has 1 unspecified atom stereocenters. The molecule has 0 radical (unpaired) electrons. The molecule has 5 rings (SSSR count). The van der Waals surface area contributed by atoms with E-state index < -0.39 is 5.92 Å². The molecule has 2 aliphatic rings. The zero-order chi connectivity index (χ0) is 25.4. The lowest BCUT2D eigenvalue weighted by Crippen LogP contribution is -2.42. The minimum absolute atomic E-state index is 0.000360. The fourth-order valence-corrected chi connectivity index (χ4v) is 6.90. The van der Waals surface area contributed by atoms with Gasteiger partial charge in [-0.05, 0) is 29.0 Å². The van der Waals surface area contributed by atoms with Crippen LogP contribution in [0.25, 0.3) is 0 Å². The van der Waals surface area contributed by atoms with E-state index in [-0.39, 0.29) is 17.0 Å². The van der Waals surface area contributed by atoms with Crippen molar-refractivity contribution >= 4 is 45.6 Å². The van der Waals surface area contributed by atoms with Crippen molar-refractivity contribution in [2.45, 2.75) is 42.7 Å². The van der Waals surface area contributed by atoms with E-state index >= 15 is 0 Å². The highest BCUT2D eigenvalue weighted by molar-refractivity contribution is 8.00. The standard InChI is InChI=1S/C27H24ClN5OS2/c1-27(2)12-20-23(21(34)13-27)22(17-10-6-7-11-19(17)28)18(14-29)24(30)33(20)25-31-32-26(36-25)35-15-16-8-4-3-5-9-16/h3-11,22H,12-13,15,30H2,1-2H3. The molecule has 0 amide bonds. The number of allylic oxidation sites excluding steroid dienone is 3. The van der Waals surface area contributed by atoms with Gasteiger partial charge in [0.15, 0.2) is 10.1 Å². The quantitative estimate of drug-likeness (QED) is 0.378. The van der Waals surface area contributed by atoms with Crippen molar-refractivity contribution in [3.63, 3.8) is 0 Å². The molecule has 2 N–H and O–H groups in total. The zero-order valence-corrected chi connectivity index (χ0v) is 22.3. The molecule has 3 aromatic rings. The second-order valence-corrected chi connectivity index (χ2v) is 12.2. The first kappa shape index (κ1) is 24.6. The normalized spacial score (nSPS) is 19.3. The summed E-state index contributed by atoms with van der Waals surface area (Å²) in [4.78, 5) is 15.4. The van der Waals surface area contributed by atoms with Gasteiger partial charge in [-0.3, -0.25) is 9.69 Å². The molecule has 0 spiro atoms. The van der Waals surface area contributed by atoms with Crippen LogP contribution in [0, 0.1) is 16.7 Å².